The SMILES string of the molecule is CC(=O)Nc1ccsc1CNc1ccc(C#N)c(C#N)c1. The van der Waals surface area contributed by atoms with E-state index in [0.717, 1.165) is 16.3 Å². The molecule has 1 aromatic carbocycles. The van der Waals surface area contributed by atoms with E-state index in [9.17, 15) is 4.79 Å². The fourth-order valence-corrected chi connectivity index (χ4v) is 2.58. The van der Waals surface area contributed by atoms with Crippen molar-refractivity contribution in [3.8, 4) is 12.1 Å². The molecule has 0 fully saturated rings. The molecule has 0 radical (unpaired) electrons. The van der Waals surface area contributed by atoms with E-state index in [1.54, 1.807) is 18.2 Å². The summed E-state index contributed by atoms with van der Waals surface area (Å²) in [6.07, 6.45) is 0. The minimum Gasteiger partial charge on any atom is -0.380 e. The van der Waals surface area contributed by atoms with E-state index in [1.165, 1.54) is 18.3 Å². The molecule has 0 aliphatic heterocycles. The van der Waals surface area contributed by atoms with Crippen LogP contribution < -0.4 is 10.6 Å². The van der Waals surface area contributed by atoms with Crippen molar-refractivity contribution in [1.82, 2.24) is 0 Å². The number of hydrogen-bond acceptors (Lipinski definition) is 5. The number of nitriles is 2. The molecule has 2 rings (SSSR count). The zero-order valence-electron chi connectivity index (χ0n) is 11.3. The molecule has 0 saturated heterocycles. The van der Waals surface area contributed by atoms with E-state index in [0.29, 0.717) is 17.7 Å². The van der Waals surface area contributed by atoms with Gasteiger partial charge in [0, 0.05) is 17.5 Å². The molecule has 0 aliphatic rings. The molecule has 0 saturated carbocycles. The van der Waals surface area contributed by atoms with Crippen molar-refractivity contribution in [3.63, 3.8) is 0 Å². The van der Waals surface area contributed by atoms with Gasteiger partial charge in [-0.2, -0.15) is 10.5 Å². The highest BCUT2D eigenvalue weighted by Crippen LogP contribution is 2.24. The quantitative estimate of drug-likeness (QED) is 0.907. The van der Waals surface area contributed by atoms with Crippen LogP contribution in [0.3, 0.4) is 0 Å². The average molecular weight is 296 g/mol. The maximum Gasteiger partial charge on any atom is 0.221 e. The molecule has 1 heterocycles. The molecule has 104 valence electrons. The van der Waals surface area contributed by atoms with Gasteiger partial charge in [-0.15, -0.1) is 11.3 Å². The van der Waals surface area contributed by atoms with Crippen LogP contribution in [-0.4, -0.2) is 5.91 Å². The van der Waals surface area contributed by atoms with Crippen molar-refractivity contribution in [2.45, 2.75) is 13.5 Å². The first-order chi connectivity index (χ1) is 10.1. The summed E-state index contributed by atoms with van der Waals surface area (Å²) < 4.78 is 0. The second-order valence-electron chi connectivity index (χ2n) is 4.28. The van der Waals surface area contributed by atoms with Crippen molar-refractivity contribution in [3.05, 3.63) is 45.6 Å². The molecule has 0 aliphatic carbocycles. The van der Waals surface area contributed by atoms with Crippen molar-refractivity contribution in [2.24, 2.45) is 0 Å². The molecule has 21 heavy (non-hydrogen) atoms. The summed E-state index contributed by atoms with van der Waals surface area (Å²) in [7, 11) is 0. The number of anilines is 2. The molecule has 1 aromatic heterocycles. The summed E-state index contributed by atoms with van der Waals surface area (Å²) in [5.74, 6) is -0.111. The number of hydrogen-bond donors (Lipinski definition) is 2. The summed E-state index contributed by atoms with van der Waals surface area (Å²) in [5.41, 5.74) is 2.25. The number of thiophene rings is 1. The number of rotatable bonds is 4. The van der Waals surface area contributed by atoms with Crippen LogP contribution in [0.15, 0.2) is 29.6 Å². The smallest absolute Gasteiger partial charge is 0.221 e. The third kappa shape index (κ3) is 3.59. The Kier molecular flexibility index (Phi) is 4.55. The van der Waals surface area contributed by atoms with Crippen molar-refractivity contribution >= 4 is 28.6 Å². The Bertz CT molecular complexity index is 752. The second-order valence-corrected chi connectivity index (χ2v) is 5.28. The lowest BCUT2D eigenvalue weighted by Gasteiger charge is -2.08. The Balaban J connectivity index is 2.11. The van der Waals surface area contributed by atoms with Gasteiger partial charge in [-0.3, -0.25) is 4.79 Å². The van der Waals surface area contributed by atoms with Crippen LogP contribution in [-0.2, 0) is 11.3 Å². The monoisotopic (exact) mass is 296 g/mol. The Morgan fingerprint density at radius 3 is 2.67 bits per heavy atom. The van der Waals surface area contributed by atoms with Gasteiger partial charge < -0.3 is 10.6 Å². The van der Waals surface area contributed by atoms with E-state index in [4.69, 9.17) is 10.5 Å². The summed E-state index contributed by atoms with van der Waals surface area (Å²) in [6.45, 7) is 2.00. The van der Waals surface area contributed by atoms with Crippen LogP contribution in [0, 0.1) is 22.7 Å². The number of nitrogens with zero attached hydrogens (tertiary/aromatic N) is 2. The number of nitrogens with one attached hydrogen (secondary N) is 2. The van der Waals surface area contributed by atoms with Gasteiger partial charge in [-0.1, -0.05) is 0 Å². The van der Waals surface area contributed by atoms with Crippen molar-refractivity contribution < 1.29 is 4.79 Å². The van der Waals surface area contributed by atoms with Crippen LogP contribution in [0.4, 0.5) is 11.4 Å². The topological polar surface area (TPSA) is 88.7 Å². The van der Waals surface area contributed by atoms with E-state index < -0.39 is 0 Å². The highest BCUT2D eigenvalue weighted by atomic mass is 32.1. The molecule has 2 aromatic rings. The van der Waals surface area contributed by atoms with Gasteiger partial charge in [0.1, 0.15) is 12.1 Å². The first kappa shape index (κ1) is 14.6. The number of amides is 1. The van der Waals surface area contributed by atoms with E-state index in [-0.39, 0.29) is 5.91 Å². The van der Waals surface area contributed by atoms with E-state index in [2.05, 4.69) is 10.6 Å². The van der Waals surface area contributed by atoms with Crippen LogP contribution in [0.25, 0.3) is 0 Å². The maximum absolute atomic E-state index is 11.1. The number of carbonyl (C=O) groups excluding carboxylic acids is 1. The molecule has 2 N–H and O–H groups in total. The molecule has 0 atom stereocenters. The fourth-order valence-electron chi connectivity index (χ4n) is 1.81. The summed E-state index contributed by atoms with van der Waals surface area (Å²) >= 11 is 1.53. The Morgan fingerprint density at radius 1 is 1.24 bits per heavy atom. The zero-order chi connectivity index (χ0) is 15.2. The number of benzene rings is 1. The lowest BCUT2D eigenvalue weighted by atomic mass is 10.1. The first-order valence-electron chi connectivity index (χ1n) is 6.16. The van der Waals surface area contributed by atoms with Crippen molar-refractivity contribution in [2.75, 3.05) is 10.6 Å². The lowest BCUT2D eigenvalue weighted by molar-refractivity contribution is -0.114. The molecular weight excluding hydrogens is 284 g/mol. The molecule has 0 bridgehead atoms. The van der Waals surface area contributed by atoms with Crippen LogP contribution >= 0.6 is 11.3 Å². The largest absolute Gasteiger partial charge is 0.380 e. The van der Waals surface area contributed by atoms with Gasteiger partial charge in [-0.25, -0.2) is 0 Å². The van der Waals surface area contributed by atoms with Gasteiger partial charge in [0.2, 0.25) is 5.91 Å². The van der Waals surface area contributed by atoms with Crippen LogP contribution in [0.5, 0.6) is 0 Å². The Hall–Kier alpha value is -2.83. The minimum absolute atomic E-state index is 0.111. The fraction of sp³-hybridized carbons (Fsp3) is 0.133. The van der Waals surface area contributed by atoms with E-state index >= 15 is 0 Å². The second kappa shape index (κ2) is 6.56. The van der Waals surface area contributed by atoms with Crippen molar-refractivity contribution in [1.29, 1.82) is 10.5 Å². The van der Waals surface area contributed by atoms with Gasteiger partial charge in [0.05, 0.1) is 23.4 Å². The van der Waals surface area contributed by atoms with Crippen LogP contribution in [0.1, 0.15) is 22.9 Å². The lowest BCUT2D eigenvalue weighted by Crippen LogP contribution is -2.08. The minimum atomic E-state index is -0.111. The molecule has 0 unspecified atom stereocenters. The highest BCUT2D eigenvalue weighted by molar-refractivity contribution is 7.10. The predicted molar refractivity (Wildman–Crippen MR) is 81.8 cm³/mol. The molecule has 1 amide bonds. The first-order valence-corrected chi connectivity index (χ1v) is 7.04. The van der Waals surface area contributed by atoms with Gasteiger partial charge >= 0.3 is 0 Å². The number of carbonyl (C=O) groups is 1. The van der Waals surface area contributed by atoms with Gasteiger partial charge in [-0.05, 0) is 29.6 Å². The average Bonchev–Trinajstić information content (AvgIpc) is 2.91. The highest BCUT2D eigenvalue weighted by Gasteiger charge is 2.07. The third-order valence-electron chi connectivity index (χ3n) is 2.77. The summed E-state index contributed by atoms with van der Waals surface area (Å²) in [5, 5.41) is 25.7. The molecular formula is C15H12N4OS. The normalized spacial score (nSPS) is 9.48. The summed E-state index contributed by atoms with van der Waals surface area (Å²) in [4.78, 5) is 12.1. The van der Waals surface area contributed by atoms with Gasteiger partial charge in [0.15, 0.2) is 0 Å². The standard InChI is InChI=1S/C15H12N4OS/c1-10(20)19-14-4-5-21-15(14)9-18-13-3-2-11(7-16)12(6-13)8-17/h2-6,18H,9H2,1H3,(H,19,20). The van der Waals surface area contributed by atoms with Gasteiger partial charge in [0.25, 0.3) is 0 Å². The van der Waals surface area contributed by atoms with E-state index in [1.807, 2.05) is 23.6 Å². The third-order valence-corrected chi connectivity index (χ3v) is 3.69. The Labute approximate surface area is 126 Å². The maximum atomic E-state index is 11.1. The molecule has 0 spiro atoms. The summed E-state index contributed by atoms with van der Waals surface area (Å²) in [6, 6.07) is 10.8. The predicted octanol–water partition coefficient (Wildman–Crippen LogP) is 3.06. The Morgan fingerprint density at radius 2 is 2.00 bits per heavy atom. The molecule has 5 nitrogen and oxygen atoms in total. The van der Waals surface area contributed by atoms with Crippen LogP contribution in [0.2, 0.25) is 0 Å². The zero-order valence-corrected chi connectivity index (χ0v) is 12.1. The molecule has 6 heteroatoms.